The molecule has 0 bridgehead atoms. The number of alkyl carbamates (subject to hydrolysis) is 1. The van der Waals surface area contributed by atoms with Crippen molar-refractivity contribution in [3.63, 3.8) is 0 Å². The lowest BCUT2D eigenvalue weighted by Gasteiger charge is -2.32. The number of carbonyl (C=O) groups is 1. The summed E-state index contributed by atoms with van der Waals surface area (Å²) in [5.41, 5.74) is -1.21. The molecule has 1 saturated carbocycles. The average molecular weight is 300 g/mol. The van der Waals surface area contributed by atoms with Crippen LogP contribution in [-0.4, -0.2) is 41.0 Å². The van der Waals surface area contributed by atoms with Gasteiger partial charge in [0.15, 0.2) is 0 Å². The molecule has 21 heavy (non-hydrogen) atoms. The lowest BCUT2D eigenvalue weighted by atomic mass is 9.97. The third-order valence-electron chi connectivity index (χ3n) is 4.09. The molecule has 0 radical (unpaired) electrons. The molecule has 5 nitrogen and oxygen atoms in total. The minimum absolute atomic E-state index is 0.0182. The van der Waals surface area contributed by atoms with Gasteiger partial charge in [0, 0.05) is 18.6 Å². The number of ether oxygens (including phenoxy) is 1. The van der Waals surface area contributed by atoms with Crippen molar-refractivity contribution >= 4 is 6.09 Å². The van der Waals surface area contributed by atoms with E-state index in [2.05, 4.69) is 10.6 Å². The van der Waals surface area contributed by atoms with Crippen molar-refractivity contribution in [1.82, 2.24) is 10.6 Å². The molecule has 1 rings (SSSR count). The number of rotatable bonds is 5. The lowest BCUT2D eigenvalue weighted by Crippen LogP contribution is -2.51. The fraction of sp³-hybridized carbons (Fsp3) is 0.938. The minimum Gasteiger partial charge on any atom is -0.444 e. The topological polar surface area (TPSA) is 70.6 Å². The second-order valence-electron chi connectivity index (χ2n) is 7.72. The van der Waals surface area contributed by atoms with Crippen LogP contribution in [0.5, 0.6) is 0 Å². The average Bonchev–Trinajstić information content (AvgIpc) is 2.70. The lowest BCUT2D eigenvalue weighted by molar-refractivity contribution is 0.0366. The summed E-state index contributed by atoms with van der Waals surface area (Å²) in [6.07, 6.45) is 2.97. The molecule has 0 aromatic carbocycles. The predicted molar refractivity (Wildman–Crippen MR) is 84.3 cm³/mol. The van der Waals surface area contributed by atoms with Gasteiger partial charge in [-0.15, -0.1) is 0 Å². The molecular formula is C16H32N2O3. The van der Waals surface area contributed by atoms with Crippen molar-refractivity contribution in [2.45, 2.75) is 84.1 Å². The van der Waals surface area contributed by atoms with Crippen LogP contribution in [0.4, 0.5) is 4.79 Å². The molecule has 1 amide bonds. The van der Waals surface area contributed by atoms with Crippen LogP contribution in [0.3, 0.4) is 0 Å². The molecule has 124 valence electrons. The Hall–Kier alpha value is -0.810. The van der Waals surface area contributed by atoms with Crippen LogP contribution in [0.2, 0.25) is 0 Å². The van der Waals surface area contributed by atoms with E-state index >= 15 is 0 Å². The number of hydrogen-bond acceptors (Lipinski definition) is 4. The van der Waals surface area contributed by atoms with Gasteiger partial charge in [0.25, 0.3) is 0 Å². The molecule has 0 heterocycles. The SMILES string of the molecule is CC(NC1CCCC1CNC(=O)OC(C)(C)C)C(C)(C)O. The molecular weight excluding hydrogens is 268 g/mol. The minimum atomic E-state index is -0.744. The summed E-state index contributed by atoms with van der Waals surface area (Å²) in [5, 5.41) is 16.4. The third-order valence-corrected chi connectivity index (χ3v) is 4.09. The zero-order valence-electron chi connectivity index (χ0n) is 14.3. The predicted octanol–water partition coefficient (Wildman–Crippen LogP) is 2.43. The quantitative estimate of drug-likeness (QED) is 0.729. The van der Waals surface area contributed by atoms with E-state index in [0.29, 0.717) is 18.5 Å². The second kappa shape index (κ2) is 6.97. The van der Waals surface area contributed by atoms with E-state index in [1.165, 1.54) is 0 Å². The fourth-order valence-corrected chi connectivity index (χ4v) is 2.55. The number of amides is 1. The third kappa shape index (κ3) is 6.66. The maximum absolute atomic E-state index is 11.7. The smallest absolute Gasteiger partial charge is 0.407 e. The van der Waals surface area contributed by atoms with Crippen molar-refractivity contribution < 1.29 is 14.6 Å². The molecule has 0 aromatic rings. The molecule has 3 N–H and O–H groups in total. The van der Waals surface area contributed by atoms with Gasteiger partial charge in [0.1, 0.15) is 5.60 Å². The van der Waals surface area contributed by atoms with E-state index in [1.54, 1.807) is 0 Å². The van der Waals surface area contributed by atoms with Gasteiger partial charge in [-0.25, -0.2) is 4.79 Å². The van der Waals surface area contributed by atoms with Crippen molar-refractivity contribution in [3.05, 3.63) is 0 Å². The standard InChI is InChI=1S/C16H32N2O3/c1-11(16(5,6)20)18-13-9-7-8-12(13)10-17-14(19)21-15(2,3)4/h11-13,18,20H,7-10H2,1-6H3,(H,17,19). The first-order chi connectivity index (χ1) is 9.49. The molecule has 0 spiro atoms. The number of carbonyl (C=O) groups excluding carboxylic acids is 1. The summed E-state index contributed by atoms with van der Waals surface area (Å²) < 4.78 is 5.26. The first-order valence-corrected chi connectivity index (χ1v) is 7.94. The van der Waals surface area contributed by atoms with Crippen LogP contribution in [0, 0.1) is 5.92 Å². The fourth-order valence-electron chi connectivity index (χ4n) is 2.55. The number of aliphatic hydroxyl groups is 1. The first-order valence-electron chi connectivity index (χ1n) is 7.94. The van der Waals surface area contributed by atoms with E-state index in [0.717, 1.165) is 19.3 Å². The highest BCUT2D eigenvalue weighted by atomic mass is 16.6. The largest absolute Gasteiger partial charge is 0.444 e. The monoisotopic (exact) mass is 300 g/mol. The van der Waals surface area contributed by atoms with Crippen molar-refractivity contribution in [2.24, 2.45) is 5.92 Å². The summed E-state index contributed by atoms with van der Waals surface area (Å²) >= 11 is 0. The summed E-state index contributed by atoms with van der Waals surface area (Å²) in [4.78, 5) is 11.7. The maximum Gasteiger partial charge on any atom is 0.407 e. The van der Waals surface area contributed by atoms with Gasteiger partial charge < -0.3 is 20.5 Å². The van der Waals surface area contributed by atoms with Crippen LogP contribution >= 0.6 is 0 Å². The Morgan fingerprint density at radius 2 is 1.90 bits per heavy atom. The summed E-state index contributed by atoms with van der Waals surface area (Å²) in [6.45, 7) is 11.8. The normalized spacial score (nSPS) is 24.7. The van der Waals surface area contributed by atoms with Crippen LogP contribution in [0.15, 0.2) is 0 Å². The van der Waals surface area contributed by atoms with Crippen molar-refractivity contribution in [2.75, 3.05) is 6.54 Å². The van der Waals surface area contributed by atoms with E-state index < -0.39 is 11.2 Å². The van der Waals surface area contributed by atoms with Crippen LogP contribution in [0.25, 0.3) is 0 Å². The molecule has 5 heteroatoms. The van der Waals surface area contributed by atoms with E-state index in [4.69, 9.17) is 4.74 Å². The Balaban J connectivity index is 2.42. The maximum atomic E-state index is 11.7. The van der Waals surface area contributed by atoms with Gasteiger partial charge in [-0.2, -0.15) is 0 Å². The van der Waals surface area contributed by atoms with Gasteiger partial charge in [0.05, 0.1) is 5.60 Å². The van der Waals surface area contributed by atoms with E-state index in [-0.39, 0.29) is 12.1 Å². The Bertz CT molecular complexity index is 344. The Morgan fingerprint density at radius 3 is 2.43 bits per heavy atom. The van der Waals surface area contributed by atoms with E-state index in [9.17, 15) is 9.90 Å². The van der Waals surface area contributed by atoms with Gasteiger partial charge in [-0.05, 0) is 60.3 Å². The highest BCUT2D eigenvalue weighted by Crippen LogP contribution is 2.26. The summed E-state index contributed by atoms with van der Waals surface area (Å²) in [5.74, 6) is 0.391. The Kier molecular flexibility index (Phi) is 6.05. The number of hydrogen-bond donors (Lipinski definition) is 3. The Labute approximate surface area is 128 Å². The van der Waals surface area contributed by atoms with Gasteiger partial charge in [-0.3, -0.25) is 0 Å². The van der Waals surface area contributed by atoms with Crippen molar-refractivity contribution in [1.29, 1.82) is 0 Å². The molecule has 0 aromatic heterocycles. The molecule has 3 unspecified atom stereocenters. The molecule has 1 aliphatic rings. The highest BCUT2D eigenvalue weighted by Gasteiger charge is 2.32. The zero-order chi connectivity index (χ0) is 16.3. The molecule has 0 saturated heterocycles. The van der Waals surface area contributed by atoms with Gasteiger partial charge in [0.2, 0.25) is 0 Å². The summed E-state index contributed by atoms with van der Waals surface area (Å²) in [6, 6.07) is 0.353. The summed E-state index contributed by atoms with van der Waals surface area (Å²) in [7, 11) is 0. The van der Waals surface area contributed by atoms with Crippen molar-refractivity contribution in [3.8, 4) is 0 Å². The Morgan fingerprint density at radius 1 is 1.29 bits per heavy atom. The first kappa shape index (κ1) is 18.2. The van der Waals surface area contributed by atoms with Gasteiger partial charge >= 0.3 is 6.09 Å². The van der Waals surface area contributed by atoms with Crippen LogP contribution < -0.4 is 10.6 Å². The number of nitrogens with one attached hydrogen (secondary N) is 2. The molecule has 0 aliphatic heterocycles. The second-order valence-corrected chi connectivity index (χ2v) is 7.72. The van der Waals surface area contributed by atoms with Gasteiger partial charge in [-0.1, -0.05) is 6.42 Å². The van der Waals surface area contributed by atoms with Crippen LogP contribution in [0.1, 0.15) is 60.8 Å². The highest BCUT2D eigenvalue weighted by molar-refractivity contribution is 5.67. The van der Waals surface area contributed by atoms with E-state index in [1.807, 2.05) is 41.5 Å². The van der Waals surface area contributed by atoms with Crippen LogP contribution in [-0.2, 0) is 4.74 Å². The molecule has 3 atom stereocenters. The molecule has 1 aliphatic carbocycles. The zero-order valence-corrected chi connectivity index (χ0v) is 14.3. The molecule has 1 fully saturated rings.